The summed E-state index contributed by atoms with van der Waals surface area (Å²) in [6, 6.07) is 2.17. The second kappa shape index (κ2) is 3.58. The molecule has 0 radical (unpaired) electrons. The molecule has 1 unspecified atom stereocenters. The zero-order chi connectivity index (χ0) is 9.42. The van der Waals surface area contributed by atoms with Gasteiger partial charge in [-0.05, 0) is 38.1 Å². The summed E-state index contributed by atoms with van der Waals surface area (Å²) in [6.07, 6.45) is 5.28. The van der Waals surface area contributed by atoms with E-state index in [1.54, 1.807) is 0 Å². The molecule has 0 amide bonds. The van der Waals surface area contributed by atoms with Gasteiger partial charge >= 0.3 is 0 Å². The van der Waals surface area contributed by atoms with E-state index in [2.05, 4.69) is 18.7 Å². The van der Waals surface area contributed by atoms with E-state index in [-0.39, 0.29) is 0 Å². The van der Waals surface area contributed by atoms with Crippen LogP contribution in [0.1, 0.15) is 39.5 Å². The average molecular weight is 182 g/mol. The van der Waals surface area contributed by atoms with Gasteiger partial charge in [-0.3, -0.25) is 4.90 Å². The zero-order valence-electron chi connectivity index (χ0n) is 8.87. The largest absolute Gasteiger partial charge is 0.328 e. The fraction of sp³-hybridized carbons (Fsp3) is 1.00. The summed E-state index contributed by atoms with van der Waals surface area (Å²) in [5.41, 5.74) is 5.83. The van der Waals surface area contributed by atoms with Crippen LogP contribution in [0.4, 0.5) is 0 Å². The molecule has 1 heterocycles. The van der Waals surface area contributed by atoms with Crippen LogP contribution in [0.2, 0.25) is 0 Å². The van der Waals surface area contributed by atoms with Gasteiger partial charge in [0.1, 0.15) is 0 Å². The lowest BCUT2D eigenvalue weighted by molar-refractivity contribution is 0.0786. The van der Waals surface area contributed by atoms with Crippen LogP contribution in [-0.4, -0.2) is 29.6 Å². The molecule has 1 aliphatic heterocycles. The highest BCUT2D eigenvalue weighted by Crippen LogP contribution is 2.33. The molecule has 0 aromatic heterocycles. The minimum Gasteiger partial charge on any atom is -0.328 e. The second-order valence-electron chi connectivity index (χ2n) is 5.08. The normalized spacial score (nSPS) is 41.1. The number of hydrogen-bond acceptors (Lipinski definition) is 2. The van der Waals surface area contributed by atoms with Gasteiger partial charge in [-0.1, -0.05) is 13.8 Å². The summed E-state index contributed by atoms with van der Waals surface area (Å²) in [7, 11) is 0. The Kier molecular flexibility index (Phi) is 2.61. The number of nitrogens with two attached hydrogens (primary N) is 1. The lowest BCUT2D eigenvalue weighted by Crippen LogP contribution is -2.53. The molecule has 1 aliphatic carbocycles. The van der Waals surface area contributed by atoms with Crippen molar-refractivity contribution in [2.45, 2.75) is 57.7 Å². The highest BCUT2D eigenvalue weighted by molar-refractivity contribution is 4.95. The molecular weight excluding hydrogens is 160 g/mol. The topological polar surface area (TPSA) is 29.3 Å². The van der Waals surface area contributed by atoms with Gasteiger partial charge in [-0.25, -0.2) is 0 Å². The highest BCUT2D eigenvalue weighted by atomic mass is 15.2. The Morgan fingerprint density at radius 3 is 2.54 bits per heavy atom. The minimum absolute atomic E-state index is 0.499. The van der Waals surface area contributed by atoms with E-state index >= 15 is 0 Å². The second-order valence-corrected chi connectivity index (χ2v) is 5.08. The van der Waals surface area contributed by atoms with Crippen molar-refractivity contribution in [1.29, 1.82) is 0 Å². The summed E-state index contributed by atoms with van der Waals surface area (Å²) < 4.78 is 0. The van der Waals surface area contributed by atoms with E-state index in [0.29, 0.717) is 6.04 Å². The Hall–Kier alpha value is -0.0800. The molecule has 13 heavy (non-hydrogen) atoms. The quantitative estimate of drug-likeness (QED) is 0.703. The first kappa shape index (κ1) is 9.47. The van der Waals surface area contributed by atoms with Crippen LogP contribution in [0.5, 0.6) is 0 Å². The van der Waals surface area contributed by atoms with Gasteiger partial charge in [0, 0.05) is 18.1 Å². The van der Waals surface area contributed by atoms with Gasteiger partial charge in [0.15, 0.2) is 0 Å². The summed E-state index contributed by atoms with van der Waals surface area (Å²) in [5.74, 6) is 0.819. The van der Waals surface area contributed by atoms with Gasteiger partial charge in [0.2, 0.25) is 0 Å². The number of hydrogen-bond donors (Lipinski definition) is 1. The maximum Gasteiger partial charge on any atom is 0.0128 e. The van der Waals surface area contributed by atoms with Gasteiger partial charge in [0.25, 0.3) is 0 Å². The molecule has 2 heteroatoms. The molecule has 0 spiro atoms. The standard InChI is InChI=1S/C11H22N2/c1-8(2)11-4-3-5-13(11)10-6-9(12)7-10/h8-11H,3-7,12H2,1-2H3. The third kappa shape index (κ3) is 1.75. The van der Waals surface area contributed by atoms with Crippen molar-refractivity contribution in [3.63, 3.8) is 0 Å². The van der Waals surface area contributed by atoms with Crippen molar-refractivity contribution in [1.82, 2.24) is 4.90 Å². The van der Waals surface area contributed by atoms with Crippen LogP contribution < -0.4 is 5.73 Å². The summed E-state index contributed by atoms with van der Waals surface area (Å²) >= 11 is 0. The van der Waals surface area contributed by atoms with Gasteiger partial charge < -0.3 is 5.73 Å². The molecule has 0 bridgehead atoms. The lowest BCUT2D eigenvalue weighted by atomic mass is 9.85. The zero-order valence-corrected chi connectivity index (χ0v) is 8.87. The van der Waals surface area contributed by atoms with E-state index in [1.165, 1.54) is 32.2 Å². The maximum absolute atomic E-state index is 5.83. The Morgan fingerprint density at radius 1 is 1.31 bits per heavy atom. The molecule has 2 rings (SSSR count). The Morgan fingerprint density at radius 2 is 2.00 bits per heavy atom. The van der Waals surface area contributed by atoms with E-state index < -0.39 is 0 Å². The van der Waals surface area contributed by atoms with Crippen molar-refractivity contribution >= 4 is 0 Å². The first-order valence-corrected chi connectivity index (χ1v) is 5.70. The smallest absolute Gasteiger partial charge is 0.0128 e. The van der Waals surface area contributed by atoms with Crippen LogP contribution in [0.3, 0.4) is 0 Å². The molecular formula is C11H22N2. The van der Waals surface area contributed by atoms with Crippen molar-refractivity contribution in [2.75, 3.05) is 6.54 Å². The third-order valence-electron chi connectivity index (χ3n) is 3.73. The van der Waals surface area contributed by atoms with E-state index in [9.17, 15) is 0 Å². The van der Waals surface area contributed by atoms with Crippen LogP contribution in [-0.2, 0) is 0 Å². The summed E-state index contributed by atoms with van der Waals surface area (Å²) in [6.45, 7) is 6.02. The van der Waals surface area contributed by atoms with Crippen LogP contribution in [0, 0.1) is 5.92 Å². The minimum atomic E-state index is 0.499. The van der Waals surface area contributed by atoms with Crippen molar-refractivity contribution in [2.24, 2.45) is 11.7 Å². The SMILES string of the molecule is CC(C)C1CCCN1C1CC(N)C1. The fourth-order valence-electron chi connectivity index (χ4n) is 2.88. The van der Waals surface area contributed by atoms with Crippen molar-refractivity contribution < 1.29 is 0 Å². The van der Waals surface area contributed by atoms with Crippen molar-refractivity contribution in [3.05, 3.63) is 0 Å². The molecule has 2 fully saturated rings. The van der Waals surface area contributed by atoms with Crippen molar-refractivity contribution in [3.8, 4) is 0 Å². The van der Waals surface area contributed by atoms with Crippen LogP contribution in [0.15, 0.2) is 0 Å². The monoisotopic (exact) mass is 182 g/mol. The molecule has 2 aliphatic rings. The number of rotatable bonds is 2. The van der Waals surface area contributed by atoms with E-state index in [1.807, 2.05) is 0 Å². The molecule has 76 valence electrons. The first-order chi connectivity index (χ1) is 6.18. The molecule has 2 nitrogen and oxygen atoms in total. The Balaban J connectivity index is 1.90. The molecule has 1 saturated heterocycles. The fourth-order valence-corrected chi connectivity index (χ4v) is 2.88. The van der Waals surface area contributed by atoms with E-state index in [4.69, 9.17) is 5.73 Å². The Bertz CT molecular complexity index is 173. The van der Waals surface area contributed by atoms with Gasteiger partial charge in [-0.2, -0.15) is 0 Å². The molecule has 1 saturated carbocycles. The van der Waals surface area contributed by atoms with Crippen LogP contribution >= 0.6 is 0 Å². The van der Waals surface area contributed by atoms with Gasteiger partial charge in [0.05, 0.1) is 0 Å². The van der Waals surface area contributed by atoms with E-state index in [0.717, 1.165) is 18.0 Å². The third-order valence-corrected chi connectivity index (χ3v) is 3.73. The summed E-state index contributed by atoms with van der Waals surface area (Å²) in [4.78, 5) is 2.72. The predicted octanol–water partition coefficient (Wildman–Crippen LogP) is 1.60. The van der Waals surface area contributed by atoms with Crippen LogP contribution in [0.25, 0.3) is 0 Å². The first-order valence-electron chi connectivity index (χ1n) is 5.70. The maximum atomic E-state index is 5.83. The molecule has 0 aromatic rings. The summed E-state index contributed by atoms with van der Waals surface area (Å²) in [5, 5.41) is 0. The predicted molar refractivity (Wildman–Crippen MR) is 55.6 cm³/mol. The average Bonchev–Trinajstić information content (AvgIpc) is 2.45. The highest BCUT2D eigenvalue weighted by Gasteiger charge is 2.38. The molecule has 1 atom stereocenters. The van der Waals surface area contributed by atoms with Gasteiger partial charge in [-0.15, -0.1) is 0 Å². The molecule has 0 aromatic carbocycles. The molecule has 2 N–H and O–H groups in total. The number of nitrogens with zero attached hydrogens (tertiary/aromatic N) is 1. The number of likely N-dealkylation sites (tertiary alicyclic amines) is 1. The lowest BCUT2D eigenvalue weighted by Gasteiger charge is -2.43. The Labute approximate surface area is 81.5 Å².